The summed E-state index contributed by atoms with van der Waals surface area (Å²) in [6.07, 6.45) is 4.44. The highest BCUT2D eigenvalue weighted by Crippen LogP contribution is 2.22. The molecule has 2 aromatic rings. The Balaban J connectivity index is 1.51. The van der Waals surface area contributed by atoms with E-state index in [0.717, 1.165) is 12.8 Å². The van der Waals surface area contributed by atoms with Crippen LogP contribution in [0.25, 0.3) is 0 Å². The lowest BCUT2D eigenvalue weighted by Gasteiger charge is -2.32. The molecule has 3 rings (SSSR count). The SMILES string of the molecule is O=C(NC1CCN(C(=O)c2ccoc2)CC1)c1ccc(Cl)s1. The van der Waals surface area contributed by atoms with Crippen LogP contribution in [0.2, 0.25) is 4.34 Å². The van der Waals surface area contributed by atoms with Crippen molar-refractivity contribution in [2.24, 2.45) is 0 Å². The number of carbonyl (C=O) groups is 2. The fourth-order valence-electron chi connectivity index (χ4n) is 2.49. The quantitative estimate of drug-likeness (QED) is 0.935. The van der Waals surface area contributed by atoms with Crippen molar-refractivity contribution in [1.82, 2.24) is 10.2 Å². The average Bonchev–Trinajstić information content (AvgIpc) is 3.18. The summed E-state index contributed by atoms with van der Waals surface area (Å²) in [5, 5.41) is 3.00. The van der Waals surface area contributed by atoms with Gasteiger partial charge in [0.25, 0.3) is 11.8 Å². The Morgan fingerprint density at radius 3 is 2.64 bits per heavy atom. The molecule has 7 heteroatoms. The number of rotatable bonds is 3. The summed E-state index contributed by atoms with van der Waals surface area (Å²) in [5.74, 6) is -0.125. The number of furan rings is 1. The van der Waals surface area contributed by atoms with Gasteiger partial charge in [0, 0.05) is 19.1 Å². The molecule has 1 fully saturated rings. The number of hydrogen-bond donors (Lipinski definition) is 1. The number of halogens is 1. The number of hydrogen-bond acceptors (Lipinski definition) is 4. The smallest absolute Gasteiger partial charge is 0.261 e. The van der Waals surface area contributed by atoms with Crippen LogP contribution in [0.3, 0.4) is 0 Å². The zero-order chi connectivity index (χ0) is 15.5. The summed E-state index contributed by atoms with van der Waals surface area (Å²) >= 11 is 7.10. The Hall–Kier alpha value is -1.79. The third-order valence-corrected chi connectivity index (χ3v) is 4.91. The van der Waals surface area contributed by atoms with Gasteiger partial charge in [-0.05, 0) is 31.0 Å². The van der Waals surface area contributed by atoms with Gasteiger partial charge in [0.05, 0.1) is 21.0 Å². The topological polar surface area (TPSA) is 62.6 Å². The van der Waals surface area contributed by atoms with Crippen LogP contribution in [0.15, 0.2) is 35.1 Å². The number of carbonyl (C=O) groups excluding carboxylic acids is 2. The van der Waals surface area contributed by atoms with Crippen molar-refractivity contribution in [3.63, 3.8) is 0 Å². The van der Waals surface area contributed by atoms with E-state index in [4.69, 9.17) is 16.0 Å². The predicted molar refractivity (Wildman–Crippen MR) is 84.4 cm³/mol. The molecule has 3 heterocycles. The molecule has 0 unspecified atom stereocenters. The highest BCUT2D eigenvalue weighted by molar-refractivity contribution is 7.17. The van der Waals surface area contributed by atoms with E-state index in [9.17, 15) is 9.59 Å². The van der Waals surface area contributed by atoms with Crippen molar-refractivity contribution in [3.05, 3.63) is 45.5 Å². The maximum atomic E-state index is 12.2. The first-order valence-electron chi connectivity index (χ1n) is 7.01. The van der Waals surface area contributed by atoms with Gasteiger partial charge < -0.3 is 14.6 Å². The first-order chi connectivity index (χ1) is 10.6. The molecule has 0 radical (unpaired) electrons. The minimum absolute atomic E-state index is 0.0245. The highest BCUT2D eigenvalue weighted by Gasteiger charge is 2.25. The molecule has 0 bridgehead atoms. The minimum Gasteiger partial charge on any atom is -0.472 e. The Morgan fingerprint density at radius 1 is 1.27 bits per heavy atom. The fourth-order valence-corrected chi connectivity index (χ4v) is 3.43. The standard InChI is InChI=1S/C15H15ClN2O3S/c16-13-2-1-12(22-13)14(19)17-11-3-6-18(7-4-11)15(20)10-5-8-21-9-10/h1-2,5,8-9,11H,3-4,6-7H2,(H,17,19). The first kappa shape index (κ1) is 15.1. The Morgan fingerprint density at radius 2 is 2.05 bits per heavy atom. The molecule has 2 amide bonds. The van der Waals surface area contributed by atoms with Gasteiger partial charge in [0.1, 0.15) is 6.26 Å². The average molecular weight is 339 g/mol. The largest absolute Gasteiger partial charge is 0.472 e. The van der Waals surface area contributed by atoms with E-state index in [0.29, 0.717) is 27.9 Å². The monoisotopic (exact) mass is 338 g/mol. The van der Waals surface area contributed by atoms with Crippen LogP contribution >= 0.6 is 22.9 Å². The summed E-state index contributed by atoms with van der Waals surface area (Å²) < 4.78 is 5.54. The second-order valence-corrected chi connectivity index (χ2v) is 6.87. The molecular weight excluding hydrogens is 324 g/mol. The van der Waals surface area contributed by atoms with E-state index in [2.05, 4.69) is 5.32 Å². The third kappa shape index (κ3) is 3.34. The molecule has 22 heavy (non-hydrogen) atoms. The Bertz CT molecular complexity index is 660. The lowest BCUT2D eigenvalue weighted by atomic mass is 10.0. The number of thiophene rings is 1. The Labute approximate surface area is 136 Å². The molecule has 0 aromatic carbocycles. The Kier molecular flexibility index (Phi) is 4.49. The highest BCUT2D eigenvalue weighted by atomic mass is 35.5. The summed E-state index contributed by atoms with van der Waals surface area (Å²) in [4.78, 5) is 26.7. The molecule has 1 saturated heterocycles. The summed E-state index contributed by atoms with van der Waals surface area (Å²) in [6, 6.07) is 5.19. The zero-order valence-corrected chi connectivity index (χ0v) is 13.3. The minimum atomic E-state index is -0.100. The molecule has 0 saturated carbocycles. The van der Waals surface area contributed by atoms with Gasteiger partial charge in [-0.15, -0.1) is 11.3 Å². The van der Waals surface area contributed by atoms with E-state index >= 15 is 0 Å². The lowest BCUT2D eigenvalue weighted by Crippen LogP contribution is -2.46. The number of nitrogens with zero attached hydrogens (tertiary/aromatic N) is 1. The van der Waals surface area contributed by atoms with E-state index in [-0.39, 0.29) is 17.9 Å². The number of amides is 2. The molecule has 1 N–H and O–H groups in total. The maximum absolute atomic E-state index is 12.2. The molecule has 0 atom stereocenters. The van der Waals surface area contributed by atoms with Crippen molar-refractivity contribution in [2.45, 2.75) is 18.9 Å². The number of nitrogens with one attached hydrogen (secondary N) is 1. The van der Waals surface area contributed by atoms with Gasteiger partial charge in [-0.1, -0.05) is 11.6 Å². The van der Waals surface area contributed by atoms with E-state index in [1.54, 1.807) is 23.1 Å². The van der Waals surface area contributed by atoms with Crippen LogP contribution < -0.4 is 5.32 Å². The van der Waals surface area contributed by atoms with E-state index < -0.39 is 0 Å². The van der Waals surface area contributed by atoms with Crippen LogP contribution in [0.4, 0.5) is 0 Å². The van der Waals surface area contributed by atoms with E-state index in [1.165, 1.54) is 23.9 Å². The molecule has 0 spiro atoms. The van der Waals surface area contributed by atoms with Crippen molar-refractivity contribution >= 4 is 34.8 Å². The zero-order valence-electron chi connectivity index (χ0n) is 11.8. The fraction of sp³-hybridized carbons (Fsp3) is 0.333. The second-order valence-electron chi connectivity index (χ2n) is 5.16. The van der Waals surface area contributed by atoms with Gasteiger partial charge in [0.2, 0.25) is 0 Å². The van der Waals surface area contributed by atoms with Gasteiger partial charge in [0.15, 0.2) is 0 Å². The van der Waals surface area contributed by atoms with Gasteiger partial charge in [-0.2, -0.15) is 0 Å². The summed E-state index contributed by atoms with van der Waals surface area (Å²) in [6.45, 7) is 1.25. The second kappa shape index (κ2) is 6.54. The van der Waals surface area contributed by atoms with Crippen LogP contribution in [-0.4, -0.2) is 35.8 Å². The number of piperidine rings is 1. The maximum Gasteiger partial charge on any atom is 0.261 e. The van der Waals surface area contributed by atoms with Gasteiger partial charge in [-0.3, -0.25) is 9.59 Å². The van der Waals surface area contributed by atoms with Gasteiger partial charge in [-0.25, -0.2) is 0 Å². The summed E-state index contributed by atoms with van der Waals surface area (Å²) in [5.41, 5.74) is 0.565. The molecule has 5 nitrogen and oxygen atoms in total. The third-order valence-electron chi connectivity index (χ3n) is 3.68. The van der Waals surface area contributed by atoms with E-state index in [1.807, 2.05) is 0 Å². The van der Waals surface area contributed by atoms with Crippen LogP contribution in [-0.2, 0) is 0 Å². The van der Waals surface area contributed by atoms with Gasteiger partial charge >= 0.3 is 0 Å². The van der Waals surface area contributed by atoms with Crippen molar-refractivity contribution < 1.29 is 14.0 Å². The van der Waals surface area contributed by atoms with Crippen LogP contribution in [0.5, 0.6) is 0 Å². The molecule has 0 aliphatic carbocycles. The van der Waals surface area contributed by atoms with Crippen molar-refractivity contribution in [2.75, 3.05) is 13.1 Å². The molecular formula is C15H15ClN2O3S. The molecule has 2 aromatic heterocycles. The number of likely N-dealkylation sites (tertiary alicyclic amines) is 1. The molecule has 1 aliphatic rings. The summed E-state index contributed by atoms with van der Waals surface area (Å²) in [7, 11) is 0. The molecule has 116 valence electrons. The predicted octanol–water partition coefficient (Wildman–Crippen LogP) is 3.03. The van der Waals surface area contributed by atoms with Crippen LogP contribution in [0.1, 0.15) is 32.9 Å². The normalized spacial score (nSPS) is 15.8. The van der Waals surface area contributed by atoms with Crippen molar-refractivity contribution in [3.8, 4) is 0 Å². The van der Waals surface area contributed by atoms with Crippen LogP contribution in [0, 0.1) is 0 Å². The lowest BCUT2D eigenvalue weighted by molar-refractivity contribution is 0.0697. The van der Waals surface area contributed by atoms with Crippen molar-refractivity contribution in [1.29, 1.82) is 0 Å². The first-order valence-corrected chi connectivity index (χ1v) is 8.20. The molecule has 1 aliphatic heterocycles.